The van der Waals surface area contributed by atoms with E-state index in [0.717, 1.165) is 25.3 Å². The van der Waals surface area contributed by atoms with Gasteiger partial charge in [0.25, 0.3) is 0 Å². The number of benzene rings is 1. The van der Waals surface area contributed by atoms with E-state index in [1.54, 1.807) is 6.07 Å². The molecule has 1 fully saturated rings. The monoisotopic (exact) mass is 302 g/mol. The minimum absolute atomic E-state index is 0.0106. The normalized spacial score (nSPS) is 22.6. The SMILES string of the molecule is CC1CCC(NC(=S)Nc2ccccc2C(F)(F)F)C1. The van der Waals surface area contributed by atoms with Gasteiger partial charge in [0.1, 0.15) is 0 Å². The Balaban J connectivity index is 2.01. The fraction of sp³-hybridized carbons (Fsp3) is 0.500. The summed E-state index contributed by atoms with van der Waals surface area (Å²) in [6, 6.07) is 5.60. The highest BCUT2D eigenvalue weighted by Crippen LogP contribution is 2.34. The first-order valence-electron chi connectivity index (χ1n) is 6.60. The van der Waals surface area contributed by atoms with Crippen LogP contribution in [0.25, 0.3) is 0 Å². The molecule has 0 heterocycles. The van der Waals surface area contributed by atoms with Crippen LogP contribution in [0.3, 0.4) is 0 Å². The standard InChI is InChI=1S/C14H17F3N2S/c1-9-6-7-10(8-9)18-13(20)19-12-5-3-2-4-11(12)14(15,16)17/h2-5,9-10H,6-8H2,1H3,(H2,18,19,20). The summed E-state index contributed by atoms with van der Waals surface area (Å²) in [5.41, 5.74) is -0.715. The number of nitrogens with one attached hydrogen (secondary N) is 2. The zero-order chi connectivity index (χ0) is 14.8. The predicted octanol–water partition coefficient (Wildman–Crippen LogP) is 4.18. The van der Waals surface area contributed by atoms with Gasteiger partial charge in [-0.25, -0.2) is 0 Å². The molecule has 1 saturated carbocycles. The molecule has 2 nitrogen and oxygen atoms in total. The maximum atomic E-state index is 12.9. The van der Waals surface area contributed by atoms with Gasteiger partial charge in [-0.05, 0) is 49.5 Å². The lowest BCUT2D eigenvalue weighted by Crippen LogP contribution is -2.36. The molecule has 1 aliphatic rings. The molecule has 0 aliphatic heterocycles. The maximum Gasteiger partial charge on any atom is 0.418 e. The fourth-order valence-electron chi connectivity index (χ4n) is 2.52. The molecule has 1 aromatic carbocycles. The molecule has 2 rings (SSSR count). The van der Waals surface area contributed by atoms with Gasteiger partial charge in [-0.15, -0.1) is 0 Å². The quantitative estimate of drug-likeness (QED) is 0.801. The van der Waals surface area contributed by atoms with Crippen LogP contribution in [0, 0.1) is 5.92 Å². The number of alkyl halides is 3. The van der Waals surface area contributed by atoms with Crippen molar-refractivity contribution < 1.29 is 13.2 Å². The summed E-state index contributed by atoms with van der Waals surface area (Å²) in [6.45, 7) is 2.16. The minimum atomic E-state index is -4.39. The predicted molar refractivity (Wildman–Crippen MR) is 77.6 cm³/mol. The molecule has 1 aliphatic carbocycles. The van der Waals surface area contributed by atoms with E-state index in [1.165, 1.54) is 12.1 Å². The lowest BCUT2D eigenvalue weighted by molar-refractivity contribution is -0.136. The lowest BCUT2D eigenvalue weighted by Gasteiger charge is -2.18. The van der Waals surface area contributed by atoms with Gasteiger partial charge < -0.3 is 10.6 Å². The largest absolute Gasteiger partial charge is 0.418 e. The van der Waals surface area contributed by atoms with Gasteiger partial charge in [-0.3, -0.25) is 0 Å². The second kappa shape index (κ2) is 5.99. The number of hydrogen-bond acceptors (Lipinski definition) is 1. The molecular weight excluding hydrogens is 285 g/mol. The van der Waals surface area contributed by atoms with Crippen LogP contribution in [0.1, 0.15) is 31.7 Å². The van der Waals surface area contributed by atoms with Crippen molar-refractivity contribution in [3.8, 4) is 0 Å². The van der Waals surface area contributed by atoms with Crippen molar-refractivity contribution in [3.63, 3.8) is 0 Å². The summed E-state index contributed by atoms with van der Waals surface area (Å²) in [4.78, 5) is 0. The van der Waals surface area contributed by atoms with Crippen molar-refractivity contribution in [1.82, 2.24) is 5.32 Å². The Morgan fingerprint density at radius 2 is 1.95 bits per heavy atom. The third kappa shape index (κ3) is 3.85. The van der Waals surface area contributed by atoms with Crippen LogP contribution in [-0.4, -0.2) is 11.2 Å². The zero-order valence-electron chi connectivity index (χ0n) is 11.1. The third-order valence-electron chi connectivity index (χ3n) is 3.51. The molecule has 2 atom stereocenters. The van der Waals surface area contributed by atoms with E-state index in [9.17, 15) is 13.2 Å². The van der Waals surface area contributed by atoms with Crippen molar-refractivity contribution in [2.24, 2.45) is 5.92 Å². The van der Waals surface area contributed by atoms with E-state index >= 15 is 0 Å². The minimum Gasteiger partial charge on any atom is -0.360 e. The van der Waals surface area contributed by atoms with Crippen molar-refractivity contribution in [3.05, 3.63) is 29.8 Å². The van der Waals surface area contributed by atoms with Crippen LogP contribution in [0.4, 0.5) is 18.9 Å². The molecule has 1 aromatic rings. The molecule has 0 saturated heterocycles. The average molecular weight is 302 g/mol. The molecule has 0 amide bonds. The van der Waals surface area contributed by atoms with Crippen molar-refractivity contribution in [1.29, 1.82) is 0 Å². The molecule has 20 heavy (non-hydrogen) atoms. The van der Waals surface area contributed by atoms with Crippen LogP contribution in [-0.2, 0) is 6.18 Å². The van der Waals surface area contributed by atoms with Gasteiger partial charge in [0, 0.05) is 6.04 Å². The first-order valence-corrected chi connectivity index (χ1v) is 7.01. The molecular formula is C14H17F3N2S. The van der Waals surface area contributed by atoms with Gasteiger partial charge in [-0.1, -0.05) is 19.1 Å². The summed E-state index contributed by atoms with van der Waals surface area (Å²) in [5, 5.41) is 6.00. The molecule has 0 aromatic heterocycles. The molecule has 2 unspecified atom stereocenters. The average Bonchev–Trinajstić information content (AvgIpc) is 2.73. The van der Waals surface area contributed by atoms with E-state index in [2.05, 4.69) is 17.6 Å². The Morgan fingerprint density at radius 3 is 2.55 bits per heavy atom. The van der Waals surface area contributed by atoms with Crippen molar-refractivity contribution in [2.75, 3.05) is 5.32 Å². The molecule has 2 N–H and O–H groups in total. The number of para-hydroxylation sites is 1. The topological polar surface area (TPSA) is 24.1 Å². The molecule has 0 radical (unpaired) electrons. The number of thiocarbonyl (C=S) groups is 1. The second-order valence-corrected chi connectivity index (χ2v) is 5.67. The van der Waals surface area contributed by atoms with Crippen LogP contribution < -0.4 is 10.6 Å². The number of anilines is 1. The molecule has 0 bridgehead atoms. The van der Waals surface area contributed by atoms with Gasteiger partial charge in [0.15, 0.2) is 5.11 Å². The van der Waals surface area contributed by atoms with Crippen molar-refractivity contribution in [2.45, 2.75) is 38.4 Å². The summed E-state index contributed by atoms with van der Waals surface area (Å²) in [7, 11) is 0. The highest BCUT2D eigenvalue weighted by Gasteiger charge is 2.33. The first-order chi connectivity index (χ1) is 9.36. The Labute approximate surface area is 121 Å². The van der Waals surface area contributed by atoms with E-state index in [-0.39, 0.29) is 16.8 Å². The number of halogens is 3. The molecule has 110 valence electrons. The second-order valence-electron chi connectivity index (χ2n) is 5.26. The van der Waals surface area contributed by atoms with Crippen LogP contribution in [0.5, 0.6) is 0 Å². The molecule has 6 heteroatoms. The summed E-state index contributed by atoms with van der Waals surface area (Å²) in [5.74, 6) is 0.637. The van der Waals surface area contributed by atoms with E-state index < -0.39 is 11.7 Å². The van der Waals surface area contributed by atoms with Crippen LogP contribution in [0.2, 0.25) is 0 Å². The smallest absolute Gasteiger partial charge is 0.360 e. The van der Waals surface area contributed by atoms with E-state index in [0.29, 0.717) is 5.92 Å². The molecule has 0 spiro atoms. The fourth-order valence-corrected chi connectivity index (χ4v) is 2.80. The van der Waals surface area contributed by atoms with E-state index in [4.69, 9.17) is 12.2 Å². The van der Waals surface area contributed by atoms with Gasteiger partial charge >= 0.3 is 6.18 Å². The highest BCUT2D eigenvalue weighted by atomic mass is 32.1. The number of rotatable bonds is 2. The Hall–Kier alpha value is -1.30. The van der Waals surface area contributed by atoms with Crippen LogP contribution in [0.15, 0.2) is 24.3 Å². The maximum absolute atomic E-state index is 12.9. The lowest BCUT2D eigenvalue weighted by atomic mass is 10.1. The van der Waals surface area contributed by atoms with Crippen LogP contribution >= 0.6 is 12.2 Å². The van der Waals surface area contributed by atoms with Gasteiger partial charge in [0.05, 0.1) is 11.3 Å². The third-order valence-corrected chi connectivity index (χ3v) is 3.73. The first kappa shape index (κ1) is 15.1. The summed E-state index contributed by atoms with van der Waals surface area (Å²) < 4.78 is 38.6. The Kier molecular flexibility index (Phi) is 4.52. The van der Waals surface area contributed by atoms with Crippen molar-refractivity contribution >= 4 is 23.0 Å². The van der Waals surface area contributed by atoms with Gasteiger partial charge in [0.2, 0.25) is 0 Å². The summed E-state index contributed by atoms with van der Waals surface area (Å²) >= 11 is 5.10. The zero-order valence-corrected chi connectivity index (χ0v) is 11.9. The Morgan fingerprint density at radius 1 is 1.25 bits per heavy atom. The Bertz CT molecular complexity index is 488. The van der Waals surface area contributed by atoms with Gasteiger partial charge in [-0.2, -0.15) is 13.2 Å². The highest BCUT2D eigenvalue weighted by molar-refractivity contribution is 7.80. The van der Waals surface area contributed by atoms with E-state index in [1.807, 2.05) is 0 Å². The number of hydrogen-bond donors (Lipinski definition) is 2. The summed E-state index contributed by atoms with van der Waals surface area (Å²) in [6.07, 6.45) is -1.26.